The number of hydrogen-bond donors (Lipinski definition) is 0. The summed E-state index contributed by atoms with van der Waals surface area (Å²) in [6.07, 6.45) is 7.91. The van der Waals surface area contributed by atoms with Gasteiger partial charge in [-0.1, -0.05) is 38.8 Å². The summed E-state index contributed by atoms with van der Waals surface area (Å²) in [5.74, 6) is 5.39. The predicted molar refractivity (Wildman–Crippen MR) is 272 cm³/mol. The summed E-state index contributed by atoms with van der Waals surface area (Å²) >= 11 is 0. The van der Waals surface area contributed by atoms with Crippen molar-refractivity contribution in [1.82, 2.24) is 30.0 Å². The summed E-state index contributed by atoms with van der Waals surface area (Å²) in [5.41, 5.74) is 4.01. The average Bonchev–Trinajstić information content (AvgIpc) is 3.48. The van der Waals surface area contributed by atoms with Crippen molar-refractivity contribution in [2.45, 2.75) is 76.7 Å². The number of aromatic nitrogens is 4. The van der Waals surface area contributed by atoms with E-state index in [9.17, 15) is 0 Å². The molecule has 10 atom stereocenters. The van der Waals surface area contributed by atoms with Crippen molar-refractivity contribution >= 4 is 38.7 Å². The van der Waals surface area contributed by atoms with E-state index in [2.05, 4.69) is 72.2 Å². The molecule has 6 aromatic rings. The summed E-state index contributed by atoms with van der Waals surface area (Å²) in [5, 5.41) is 67.8. The van der Waals surface area contributed by atoms with Crippen LogP contribution in [0, 0.1) is 94.7 Å². The second kappa shape index (κ2) is 68.6. The van der Waals surface area contributed by atoms with E-state index in [1.54, 1.807) is 14.2 Å². The number of nitrogens with zero attached hydrogens (tertiary/aromatic N) is 12. The molecule has 6 fully saturated rings. The van der Waals surface area contributed by atoms with Gasteiger partial charge in [0.1, 0.15) is 23.7 Å². The molecule has 9 heterocycles. The zero-order valence-electron chi connectivity index (χ0n) is 51.8. The maximum atomic E-state index is 8.33. The molecule has 2 unspecified atom stereocenters. The molecule has 6 saturated heterocycles. The van der Waals surface area contributed by atoms with Gasteiger partial charge in [-0.05, 0) is 129 Å². The molecular formula is C55H58FeK7N12O13Os. The van der Waals surface area contributed by atoms with Crippen molar-refractivity contribution in [3.05, 3.63) is 136 Å². The van der Waals surface area contributed by atoms with Crippen LogP contribution in [0.5, 0.6) is 23.3 Å². The molecule has 0 spiro atoms. The number of carboxylic acid groups (broad SMARTS) is 2. The number of pyridine rings is 2. The van der Waals surface area contributed by atoms with Crippen LogP contribution in [-0.4, -0.2) is 99.6 Å². The molecule has 89 heavy (non-hydrogen) atoms. The topological polar surface area (TPSA) is 478 Å². The van der Waals surface area contributed by atoms with Gasteiger partial charge < -0.3 is 138 Å². The van der Waals surface area contributed by atoms with Crippen LogP contribution in [0.4, 0.5) is 4.79 Å². The Kier molecular flexibility index (Phi) is 94.5. The molecule has 439 valence electrons. The quantitative estimate of drug-likeness (QED) is 0.0811. The smallest absolute Gasteiger partial charge is 2.00 e. The summed E-state index contributed by atoms with van der Waals surface area (Å²) in [7, 11) is 3.42. The molecule has 0 saturated carbocycles. The first-order chi connectivity index (χ1) is 36.3. The van der Waals surface area contributed by atoms with Gasteiger partial charge in [0.15, 0.2) is 0 Å². The van der Waals surface area contributed by atoms with Crippen LogP contribution in [0.15, 0.2) is 85.2 Å². The molecule has 12 rings (SSSR count). The van der Waals surface area contributed by atoms with Crippen molar-refractivity contribution < 1.29 is 463 Å². The maximum absolute atomic E-state index is 8.33. The van der Waals surface area contributed by atoms with Gasteiger partial charge in [-0.3, -0.25) is 19.8 Å². The molecule has 0 amide bonds. The van der Waals surface area contributed by atoms with Gasteiger partial charge in [0.25, 0.3) is 0 Å². The van der Waals surface area contributed by atoms with E-state index < -0.39 is 6.16 Å². The first-order valence-electron chi connectivity index (χ1n) is 23.4. The number of fused-ring (bicyclic) bond motifs is 9. The third-order valence-corrected chi connectivity index (χ3v) is 14.3. The average molecular weight is 1610 g/mol. The minimum Gasteiger partial charge on any atom is -2.00 e. The number of benzene rings is 3. The van der Waals surface area contributed by atoms with Crippen LogP contribution < -0.4 is 389 Å². The summed E-state index contributed by atoms with van der Waals surface area (Å²) in [4.78, 5) is 23.1. The summed E-state index contributed by atoms with van der Waals surface area (Å²) in [6, 6.07) is 25.1. The van der Waals surface area contributed by atoms with E-state index in [0.29, 0.717) is 35.4 Å². The molecule has 3 aromatic heterocycles. The van der Waals surface area contributed by atoms with Crippen LogP contribution in [0.1, 0.15) is 75.7 Å². The fourth-order valence-corrected chi connectivity index (χ4v) is 11.1. The monoisotopic (exact) mass is 1620 g/mol. The van der Waals surface area contributed by atoms with Crippen molar-refractivity contribution in [2.75, 3.05) is 40.4 Å². The molecular weight excluding hydrogens is 1560 g/mol. The number of methoxy groups -OCH3 is 2. The Morgan fingerprint density at radius 3 is 1.11 bits per heavy atom. The molecule has 4 bridgehead atoms. The van der Waals surface area contributed by atoms with Gasteiger partial charge in [-0.2, -0.15) is 0 Å². The van der Waals surface area contributed by atoms with Gasteiger partial charge in [-0.15, -0.1) is 10.2 Å². The Hall–Kier alpha value is 3.52. The fraction of sp³-hybridized carbons (Fsp3) is 0.400. The maximum Gasteiger partial charge on any atom is 6.00 e. The minimum atomic E-state index is -2.33. The fourth-order valence-electron chi connectivity index (χ4n) is 11.1. The molecule has 34 heteroatoms. The number of hydrogen-bond acceptors (Lipinski definition) is 19. The van der Waals surface area contributed by atoms with E-state index >= 15 is 0 Å². The van der Waals surface area contributed by atoms with Gasteiger partial charge in [0.2, 0.25) is 11.8 Å². The second-order valence-electron chi connectivity index (χ2n) is 17.3. The Bertz CT molecular complexity index is 2720. The molecule has 6 aliphatic heterocycles. The molecule has 4 N–H and O–H groups in total. The summed E-state index contributed by atoms with van der Waals surface area (Å²) in [6.45, 7) is 37.5. The third-order valence-electron chi connectivity index (χ3n) is 14.3. The van der Waals surface area contributed by atoms with Crippen LogP contribution in [0.2, 0.25) is 0 Å². The first-order valence-corrected chi connectivity index (χ1v) is 23.4. The molecule has 0 aliphatic carbocycles. The van der Waals surface area contributed by atoms with Gasteiger partial charge in [-0.25, -0.2) is 0 Å². The number of ether oxygens (including phenoxy) is 4. The molecule has 1 radical (unpaired) electrons. The molecule has 3 aromatic carbocycles. The zero-order valence-corrected chi connectivity index (χ0v) is 77.3. The third kappa shape index (κ3) is 33.7. The van der Waals surface area contributed by atoms with E-state index in [1.165, 1.54) is 25.7 Å². The SMILES string of the molecule is CC[C@H]1CN2CC[C@H]1C[C@H]2[C@H](Oc1nnc(O[C@H](c2ccnc3ccc(OC)cc23)[C@@H]2C[C@@H]3CCN2C[C@@H]3CC)c2ccccc12)c1ccnc2ccc(OC)cc12.O.O.O=C([O-])[O-].[C-]#N.[C-]#N.[C-]#N.[C-]#N.[C-]#N.[C-]#N.[Fe+3].[K+].[K+].[K+].[K+].[K+].[K+].[K+].[O-2].[O-2].[O-2].[O-2].[Os+6]. The van der Waals surface area contributed by atoms with Gasteiger partial charge in [0.05, 0.1) is 48.1 Å². The Balaban J connectivity index is -0.000000157. The first kappa shape index (κ1) is 123. The van der Waals surface area contributed by atoms with Crippen LogP contribution >= 0.6 is 0 Å². The van der Waals surface area contributed by atoms with Crippen LogP contribution in [0.25, 0.3) is 32.6 Å². The Labute approximate surface area is 843 Å². The van der Waals surface area contributed by atoms with Crippen LogP contribution in [-0.2, 0) is 58.8 Å². The predicted octanol–water partition coefficient (Wildman–Crippen LogP) is -15.7. The van der Waals surface area contributed by atoms with Gasteiger partial charge in [0, 0.05) is 47.4 Å². The minimum absolute atomic E-state index is 0. The van der Waals surface area contributed by atoms with E-state index in [1.807, 2.05) is 36.7 Å². The number of carbonyl (C=O) groups is 1. The number of rotatable bonds is 12. The van der Waals surface area contributed by atoms with Crippen molar-refractivity contribution in [1.29, 1.82) is 31.6 Å². The van der Waals surface area contributed by atoms with E-state index in [0.717, 1.165) is 94.2 Å². The Morgan fingerprint density at radius 1 is 0.551 bits per heavy atom. The van der Waals surface area contributed by atoms with Crippen molar-refractivity contribution in [2.24, 2.45) is 23.7 Å². The van der Waals surface area contributed by atoms with E-state index in [-0.39, 0.29) is 454 Å². The Morgan fingerprint density at radius 2 is 0.854 bits per heavy atom. The second-order valence-corrected chi connectivity index (χ2v) is 17.3. The number of carbonyl (C=O) groups excluding carboxylic acids is 1. The van der Waals surface area contributed by atoms with E-state index in [4.69, 9.17) is 125 Å². The largest absolute Gasteiger partial charge is 6.00 e. The standard InChI is InChI=1S/C48H54N6O4.6CN.CH2O3.Fe.7K.2H2O.4O.Os/c1-5-29-27-53-21-17-31(29)23-43(53)45(35-15-19-49-41-13-11-33(55-3)25-39(35)41)57-47-37-9-7-8-10-38(37)48(52-51-47)58-46(44-24-32-18-22-54(44)28-30(32)6-2)36-16-20-50-42-14-12-34(56-4)26-40(36)42;6*1-2;2-1(3)4;;;;;;;;;;;;;;;/h7-16,19-20,25-26,29-32,43-46H,5-6,17-18,21-24,27-28H2,1-4H3;;;;;;;(H2,2,3,4);;;;;;;;;2*1H2;;;;;/q;6*-1;;+3;7*+1;;;4*-2;+6/p-2/t29-,30-,31-,32-,43-,44-,45+,46+;;;;;;;;;;;;;;;;;;;;;;/m0....................../s1. The zero-order chi connectivity index (χ0) is 54.9. The molecule has 6 aliphatic rings. The number of piperidine rings is 6. The summed E-state index contributed by atoms with van der Waals surface area (Å²) < 4.78 is 26.0. The molecule has 25 nitrogen and oxygen atoms in total. The van der Waals surface area contributed by atoms with Crippen molar-refractivity contribution in [3.63, 3.8) is 0 Å². The van der Waals surface area contributed by atoms with Gasteiger partial charge >= 0.3 is 397 Å². The van der Waals surface area contributed by atoms with Crippen LogP contribution in [0.3, 0.4) is 0 Å². The van der Waals surface area contributed by atoms with Crippen molar-refractivity contribution in [3.8, 4) is 23.3 Å². The normalized spacial score (nSPS) is 18.3.